The second-order valence-electron chi connectivity index (χ2n) is 10.1. The highest BCUT2D eigenvalue weighted by molar-refractivity contribution is 6.83. The number of hydrogen-bond donors (Lipinski definition) is 1. The van der Waals surface area contributed by atoms with Crippen molar-refractivity contribution in [2.24, 2.45) is 5.73 Å². The van der Waals surface area contributed by atoms with E-state index in [4.69, 9.17) is 5.73 Å². The van der Waals surface area contributed by atoms with Crippen LogP contribution < -0.4 is 5.73 Å². The van der Waals surface area contributed by atoms with Crippen molar-refractivity contribution in [3.8, 4) is 11.5 Å². The Morgan fingerprint density at radius 2 is 1.66 bits per heavy atom. The lowest BCUT2D eigenvalue weighted by molar-refractivity contribution is -0.138. The van der Waals surface area contributed by atoms with Crippen LogP contribution in [0.25, 0.3) is 0 Å². The standard InChI is InChI=1S/C27H34F3N3OSi/c1-5-32-12-14-33(15-13-32)19-23-10-9-22(18-24(23)27(28,29)30)25(26(31)34)21-8-6-7-20(17-21)11-16-35(2,3)4/h6-10,17-18,25H,5,12-15,19H2,1-4H3,(H2,31,34). The third kappa shape index (κ3) is 7.44. The fourth-order valence-corrected chi connectivity index (χ4v) is 4.78. The lowest BCUT2D eigenvalue weighted by Crippen LogP contribution is -2.45. The highest BCUT2D eigenvalue weighted by atomic mass is 28.3. The molecule has 35 heavy (non-hydrogen) atoms. The number of benzene rings is 2. The van der Waals surface area contributed by atoms with Gasteiger partial charge in [0.25, 0.3) is 0 Å². The van der Waals surface area contributed by atoms with Crippen LogP contribution in [0.3, 0.4) is 0 Å². The van der Waals surface area contributed by atoms with Crippen molar-refractivity contribution in [2.75, 3.05) is 32.7 Å². The van der Waals surface area contributed by atoms with Gasteiger partial charge < -0.3 is 10.6 Å². The van der Waals surface area contributed by atoms with Gasteiger partial charge in [0.2, 0.25) is 5.91 Å². The highest BCUT2D eigenvalue weighted by Crippen LogP contribution is 2.36. The number of halogens is 3. The minimum Gasteiger partial charge on any atom is -0.369 e. The van der Waals surface area contributed by atoms with Gasteiger partial charge >= 0.3 is 6.18 Å². The molecule has 0 bridgehead atoms. The van der Waals surface area contributed by atoms with E-state index in [1.807, 2.05) is 11.0 Å². The monoisotopic (exact) mass is 501 g/mol. The lowest BCUT2D eigenvalue weighted by Gasteiger charge is -2.34. The maximum absolute atomic E-state index is 14.1. The summed E-state index contributed by atoms with van der Waals surface area (Å²) < 4.78 is 42.3. The molecule has 1 fully saturated rings. The molecule has 0 aliphatic carbocycles. The molecular weight excluding hydrogens is 467 g/mol. The third-order valence-corrected chi connectivity index (χ3v) is 7.04. The first-order chi connectivity index (χ1) is 16.4. The number of amides is 1. The van der Waals surface area contributed by atoms with E-state index in [-0.39, 0.29) is 17.7 Å². The molecule has 0 aromatic heterocycles. The van der Waals surface area contributed by atoms with Crippen molar-refractivity contribution >= 4 is 14.0 Å². The number of hydrogen-bond acceptors (Lipinski definition) is 3. The minimum atomic E-state index is -4.54. The van der Waals surface area contributed by atoms with E-state index in [0.29, 0.717) is 5.56 Å². The Kier molecular flexibility index (Phi) is 8.47. The summed E-state index contributed by atoms with van der Waals surface area (Å²) in [7, 11) is -1.61. The van der Waals surface area contributed by atoms with Crippen molar-refractivity contribution in [1.29, 1.82) is 0 Å². The molecule has 2 aromatic rings. The van der Waals surface area contributed by atoms with E-state index in [0.717, 1.165) is 44.4 Å². The fraction of sp³-hybridized carbons (Fsp3) is 0.444. The van der Waals surface area contributed by atoms with Crippen LogP contribution in [-0.4, -0.2) is 56.5 Å². The van der Waals surface area contributed by atoms with E-state index < -0.39 is 31.6 Å². The molecule has 1 heterocycles. The number of nitrogens with zero attached hydrogens (tertiary/aromatic N) is 2. The number of piperazine rings is 1. The van der Waals surface area contributed by atoms with Crippen molar-refractivity contribution < 1.29 is 18.0 Å². The summed E-state index contributed by atoms with van der Waals surface area (Å²) in [6.07, 6.45) is -4.54. The second-order valence-corrected chi connectivity index (χ2v) is 14.8. The zero-order valence-electron chi connectivity index (χ0n) is 20.9. The molecule has 0 saturated carbocycles. The molecule has 1 aliphatic heterocycles. The van der Waals surface area contributed by atoms with Crippen LogP contribution in [0.4, 0.5) is 13.2 Å². The lowest BCUT2D eigenvalue weighted by atomic mass is 9.87. The van der Waals surface area contributed by atoms with Gasteiger partial charge in [-0.05, 0) is 41.4 Å². The van der Waals surface area contributed by atoms with Crippen LogP contribution in [0.1, 0.15) is 40.7 Å². The Hall–Kier alpha value is -2.60. The number of rotatable bonds is 6. The van der Waals surface area contributed by atoms with E-state index in [2.05, 4.69) is 42.9 Å². The van der Waals surface area contributed by atoms with Gasteiger partial charge in [0.1, 0.15) is 8.07 Å². The van der Waals surface area contributed by atoms with Gasteiger partial charge in [-0.2, -0.15) is 13.2 Å². The van der Waals surface area contributed by atoms with Crippen molar-refractivity contribution in [3.63, 3.8) is 0 Å². The summed E-state index contributed by atoms with van der Waals surface area (Å²) in [4.78, 5) is 16.8. The molecule has 8 heteroatoms. The van der Waals surface area contributed by atoms with Crippen molar-refractivity contribution in [3.05, 3.63) is 70.3 Å². The minimum absolute atomic E-state index is 0.212. The molecule has 3 rings (SSSR count). The van der Waals surface area contributed by atoms with Gasteiger partial charge in [0, 0.05) is 38.3 Å². The SMILES string of the molecule is CCN1CCN(Cc2ccc(C(C(N)=O)c3cccc(C#C[Si](C)(C)C)c3)cc2C(F)(F)F)CC1. The molecule has 2 N–H and O–H groups in total. The largest absolute Gasteiger partial charge is 0.416 e. The summed E-state index contributed by atoms with van der Waals surface area (Å²) in [6.45, 7) is 12.8. The van der Waals surface area contributed by atoms with Gasteiger partial charge in [-0.15, -0.1) is 5.54 Å². The number of likely N-dealkylation sites (N-methyl/N-ethyl adjacent to an activating group) is 1. The fourth-order valence-electron chi connectivity index (χ4n) is 4.26. The summed E-state index contributed by atoms with van der Waals surface area (Å²) in [5, 5.41) is 0. The normalized spacial score (nSPS) is 16.4. The Bertz CT molecular complexity index is 1110. The smallest absolute Gasteiger partial charge is 0.369 e. The van der Waals surface area contributed by atoms with E-state index in [1.54, 1.807) is 24.3 Å². The molecule has 1 amide bonds. The molecule has 1 unspecified atom stereocenters. The average Bonchev–Trinajstić information content (AvgIpc) is 2.78. The maximum Gasteiger partial charge on any atom is 0.416 e. The van der Waals surface area contributed by atoms with Gasteiger partial charge in [0.15, 0.2) is 0 Å². The van der Waals surface area contributed by atoms with Crippen molar-refractivity contribution in [1.82, 2.24) is 9.80 Å². The van der Waals surface area contributed by atoms with Gasteiger partial charge in [-0.3, -0.25) is 9.69 Å². The van der Waals surface area contributed by atoms with Gasteiger partial charge in [-0.25, -0.2) is 0 Å². The van der Waals surface area contributed by atoms with E-state index >= 15 is 0 Å². The number of carbonyl (C=O) groups is 1. The number of nitrogens with two attached hydrogens (primary N) is 1. The van der Waals surface area contributed by atoms with Crippen LogP contribution in [-0.2, 0) is 17.5 Å². The molecule has 0 spiro atoms. The maximum atomic E-state index is 14.1. The first kappa shape index (κ1) is 27.0. The Morgan fingerprint density at radius 1 is 1.03 bits per heavy atom. The molecule has 0 radical (unpaired) electrons. The molecule has 1 aliphatic rings. The van der Waals surface area contributed by atoms with Crippen molar-refractivity contribution in [2.45, 2.75) is 45.2 Å². The summed E-state index contributed by atoms with van der Waals surface area (Å²) in [5.74, 6) is 1.45. The Balaban J connectivity index is 1.95. The summed E-state index contributed by atoms with van der Waals surface area (Å²) in [5.41, 5.74) is 9.97. The molecule has 188 valence electrons. The molecule has 1 atom stereocenters. The predicted molar refractivity (Wildman–Crippen MR) is 137 cm³/mol. The molecule has 1 saturated heterocycles. The van der Waals surface area contributed by atoms with Gasteiger partial charge in [-0.1, -0.05) is 56.8 Å². The molecular formula is C27H34F3N3OSi. The van der Waals surface area contributed by atoms with Crippen LogP contribution in [0, 0.1) is 11.5 Å². The van der Waals surface area contributed by atoms with Crippen LogP contribution >= 0.6 is 0 Å². The van der Waals surface area contributed by atoms with E-state index in [1.165, 1.54) is 6.07 Å². The van der Waals surface area contributed by atoms with Crippen LogP contribution in [0.15, 0.2) is 42.5 Å². The number of alkyl halides is 3. The Labute approximate surface area is 207 Å². The highest BCUT2D eigenvalue weighted by Gasteiger charge is 2.35. The zero-order chi connectivity index (χ0) is 25.8. The summed E-state index contributed by atoms with van der Waals surface area (Å²) in [6, 6.07) is 11.2. The van der Waals surface area contributed by atoms with Gasteiger partial charge in [0.05, 0.1) is 11.5 Å². The van der Waals surface area contributed by atoms with E-state index in [9.17, 15) is 18.0 Å². The molecule has 2 aromatic carbocycles. The average molecular weight is 502 g/mol. The number of primary amides is 1. The van der Waals surface area contributed by atoms with Crippen LogP contribution in [0.5, 0.6) is 0 Å². The number of carbonyl (C=O) groups excluding carboxylic acids is 1. The summed E-state index contributed by atoms with van der Waals surface area (Å²) >= 11 is 0. The topological polar surface area (TPSA) is 49.6 Å². The quantitative estimate of drug-likeness (QED) is 0.462. The predicted octanol–water partition coefficient (Wildman–Crippen LogP) is 4.69. The Morgan fingerprint density at radius 3 is 2.23 bits per heavy atom. The first-order valence-electron chi connectivity index (χ1n) is 11.9. The third-order valence-electron chi connectivity index (χ3n) is 6.17. The molecule has 4 nitrogen and oxygen atoms in total. The van der Waals surface area contributed by atoms with Crippen LogP contribution in [0.2, 0.25) is 19.6 Å². The zero-order valence-corrected chi connectivity index (χ0v) is 21.9. The second kappa shape index (κ2) is 11.0. The first-order valence-corrected chi connectivity index (χ1v) is 15.4.